The van der Waals surface area contributed by atoms with Gasteiger partial charge in [0.1, 0.15) is 0 Å². The van der Waals surface area contributed by atoms with Crippen molar-refractivity contribution in [3.8, 4) is 0 Å². The van der Waals surface area contributed by atoms with E-state index in [-0.39, 0.29) is 35.1 Å². The fourth-order valence-electron chi connectivity index (χ4n) is 3.63. The van der Waals surface area contributed by atoms with Gasteiger partial charge < -0.3 is 9.64 Å². The van der Waals surface area contributed by atoms with Gasteiger partial charge in [0, 0.05) is 13.1 Å². The summed E-state index contributed by atoms with van der Waals surface area (Å²) < 4.78 is 5.75. The molecule has 1 amide bonds. The lowest BCUT2D eigenvalue weighted by molar-refractivity contribution is -0.141. The van der Waals surface area contributed by atoms with E-state index in [1.807, 2.05) is 4.90 Å². The first-order valence-corrected chi connectivity index (χ1v) is 7.30. The summed E-state index contributed by atoms with van der Waals surface area (Å²) in [5.41, 5.74) is 0. The summed E-state index contributed by atoms with van der Waals surface area (Å²) in [6.45, 7) is 1.67. The number of nitrogens with zero attached hydrogens (tertiary/aromatic N) is 1. The number of ether oxygens (including phenoxy) is 1. The van der Waals surface area contributed by atoms with E-state index in [0.29, 0.717) is 0 Å². The molecule has 3 aliphatic heterocycles. The molecule has 0 aliphatic carbocycles. The second kappa shape index (κ2) is 4.85. The highest BCUT2D eigenvalue weighted by atomic mass is 32.1. The van der Waals surface area contributed by atoms with E-state index in [1.54, 1.807) is 0 Å². The molecule has 3 rings (SSSR count). The van der Waals surface area contributed by atoms with E-state index < -0.39 is 0 Å². The predicted octanol–water partition coefficient (Wildman–Crippen LogP) is 1.25. The quantitative estimate of drug-likeness (QED) is 0.767. The van der Waals surface area contributed by atoms with Gasteiger partial charge in [-0.15, -0.1) is 12.6 Å². The first kappa shape index (κ1) is 12.5. The molecule has 18 heavy (non-hydrogen) atoms. The molecular formula is C13H19NO3S. The maximum absolute atomic E-state index is 12.6. The maximum atomic E-state index is 12.6. The monoisotopic (exact) mass is 269 g/mol. The Labute approximate surface area is 112 Å². The summed E-state index contributed by atoms with van der Waals surface area (Å²) in [6.07, 6.45) is 5.04. The van der Waals surface area contributed by atoms with Crippen LogP contribution in [-0.2, 0) is 14.3 Å². The minimum Gasteiger partial charge on any atom is -0.373 e. The van der Waals surface area contributed by atoms with Crippen molar-refractivity contribution in [2.45, 2.75) is 44.3 Å². The molecule has 4 nitrogen and oxygen atoms in total. The van der Waals surface area contributed by atoms with Gasteiger partial charge in [0.15, 0.2) is 5.12 Å². The molecule has 5 heteroatoms. The minimum atomic E-state index is -0.318. The Morgan fingerprint density at radius 1 is 1.00 bits per heavy atom. The van der Waals surface area contributed by atoms with Gasteiger partial charge in [0.05, 0.1) is 24.0 Å². The van der Waals surface area contributed by atoms with Gasteiger partial charge in [-0.2, -0.15) is 0 Å². The second-order valence-electron chi connectivity index (χ2n) is 5.57. The van der Waals surface area contributed by atoms with Crippen LogP contribution in [-0.4, -0.2) is 41.2 Å². The van der Waals surface area contributed by atoms with Gasteiger partial charge in [-0.05, 0) is 32.1 Å². The number of amides is 1. The molecule has 0 aromatic carbocycles. The van der Waals surface area contributed by atoms with E-state index in [2.05, 4.69) is 12.6 Å². The molecule has 0 saturated carbocycles. The second-order valence-corrected chi connectivity index (χ2v) is 6.01. The Hall–Kier alpha value is -0.550. The van der Waals surface area contributed by atoms with Crippen molar-refractivity contribution in [2.75, 3.05) is 13.1 Å². The molecule has 2 bridgehead atoms. The number of fused-ring (bicyclic) bond motifs is 2. The number of carbonyl (C=O) groups is 2. The molecule has 0 radical (unpaired) electrons. The summed E-state index contributed by atoms with van der Waals surface area (Å²) in [5, 5.41) is -0.183. The maximum Gasteiger partial charge on any atom is 0.229 e. The summed E-state index contributed by atoms with van der Waals surface area (Å²) in [4.78, 5) is 26.1. The normalized spacial score (nSPS) is 39.1. The number of hydrogen-bond donors (Lipinski definition) is 1. The Kier molecular flexibility index (Phi) is 3.36. The minimum absolute atomic E-state index is 0.0504. The smallest absolute Gasteiger partial charge is 0.229 e. The number of carbonyl (C=O) groups excluding carboxylic acids is 2. The van der Waals surface area contributed by atoms with E-state index in [0.717, 1.165) is 38.8 Å². The summed E-state index contributed by atoms with van der Waals surface area (Å²) >= 11 is 3.96. The fraction of sp³-hybridized carbons (Fsp3) is 0.846. The van der Waals surface area contributed by atoms with Crippen LogP contribution in [0.2, 0.25) is 0 Å². The third kappa shape index (κ3) is 1.97. The lowest BCUT2D eigenvalue weighted by Crippen LogP contribution is -2.46. The largest absolute Gasteiger partial charge is 0.373 e. The highest BCUT2D eigenvalue weighted by Crippen LogP contribution is 2.45. The Balaban J connectivity index is 1.77. The van der Waals surface area contributed by atoms with Crippen molar-refractivity contribution < 1.29 is 14.3 Å². The van der Waals surface area contributed by atoms with E-state index >= 15 is 0 Å². The van der Waals surface area contributed by atoms with E-state index in [4.69, 9.17) is 4.74 Å². The van der Waals surface area contributed by atoms with Gasteiger partial charge in [-0.25, -0.2) is 0 Å². The van der Waals surface area contributed by atoms with Crippen molar-refractivity contribution in [1.29, 1.82) is 0 Å². The lowest BCUT2D eigenvalue weighted by Gasteiger charge is -2.33. The molecule has 0 aromatic rings. The van der Waals surface area contributed by atoms with Gasteiger partial charge in [-0.3, -0.25) is 9.59 Å². The molecular weight excluding hydrogens is 250 g/mol. The first-order chi connectivity index (χ1) is 8.68. The van der Waals surface area contributed by atoms with Crippen molar-refractivity contribution in [3.63, 3.8) is 0 Å². The average Bonchev–Trinajstić information content (AvgIpc) is 2.99. The van der Waals surface area contributed by atoms with Crippen molar-refractivity contribution in [2.24, 2.45) is 11.8 Å². The van der Waals surface area contributed by atoms with Crippen LogP contribution in [0.1, 0.15) is 32.1 Å². The average molecular weight is 269 g/mol. The van der Waals surface area contributed by atoms with Crippen LogP contribution in [0.3, 0.4) is 0 Å². The van der Waals surface area contributed by atoms with Crippen LogP contribution in [0, 0.1) is 11.8 Å². The van der Waals surface area contributed by atoms with Crippen molar-refractivity contribution in [1.82, 2.24) is 4.90 Å². The molecule has 2 unspecified atom stereocenters. The van der Waals surface area contributed by atoms with E-state index in [1.165, 1.54) is 6.42 Å². The SMILES string of the molecule is O=C(S)C1C(C(=O)N2CCCCC2)[C@@H]2CC[C@H]1O2. The van der Waals surface area contributed by atoms with Crippen molar-refractivity contribution >= 4 is 23.7 Å². The zero-order valence-corrected chi connectivity index (χ0v) is 11.3. The number of likely N-dealkylation sites (tertiary alicyclic amines) is 1. The van der Waals surface area contributed by atoms with E-state index in [9.17, 15) is 9.59 Å². The van der Waals surface area contributed by atoms with Crippen molar-refractivity contribution in [3.05, 3.63) is 0 Å². The Bertz CT molecular complexity index is 367. The van der Waals surface area contributed by atoms with Gasteiger partial charge in [0.25, 0.3) is 0 Å². The van der Waals surface area contributed by atoms with Crippen LogP contribution in [0.25, 0.3) is 0 Å². The molecule has 3 saturated heterocycles. The molecule has 100 valence electrons. The number of thiol groups is 1. The summed E-state index contributed by atoms with van der Waals surface area (Å²) in [6, 6.07) is 0. The number of hydrogen-bond acceptors (Lipinski definition) is 3. The van der Waals surface area contributed by atoms with Gasteiger partial charge in [-0.1, -0.05) is 0 Å². The van der Waals surface area contributed by atoms with Crippen LogP contribution in [0.4, 0.5) is 0 Å². The Morgan fingerprint density at radius 3 is 2.22 bits per heavy atom. The molecule has 0 N–H and O–H groups in total. The molecule has 0 aromatic heterocycles. The molecule has 3 fully saturated rings. The van der Waals surface area contributed by atoms with Crippen LogP contribution in [0.5, 0.6) is 0 Å². The lowest BCUT2D eigenvalue weighted by atomic mass is 9.79. The summed E-state index contributed by atoms with van der Waals surface area (Å²) in [5.74, 6) is -0.470. The highest BCUT2D eigenvalue weighted by molar-refractivity contribution is 7.96. The number of piperidine rings is 1. The molecule has 4 atom stereocenters. The molecule has 3 aliphatic rings. The van der Waals surface area contributed by atoms with Crippen LogP contribution >= 0.6 is 12.6 Å². The Morgan fingerprint density at radius 2 is 1.61 bits per heavy atom. The first-order valence-electron chi connectivity index (χ1n) is 6.85. The molecule has 3 heterocycles. The van der Waals surface area contributed by atoms with Gasteiger partial charge in [0.2, 0.25) is 5.91 Å². The zero-order valence-electron chi connectivity index (χ0n) is 10.4. The van der Waals surface area contributed by atoms with Gasteiger partial charge >= 0.3 is 0 Å². The number of rotatable bonds is 2. The predicted molar refractivity (Wildman–Crippen MR) is 69.3 cm³/mol. The standard InChI is InChI=1S/C13H19NO3S/c15-12(14-6-2-1-3-7-14)10-8-4-5-9(17-8)11(10)13(16)18/h8-11H,1-7H2,(H,16,18)/t8-,9+,10?,11?/m0/s1. The van der Waals surface area contributed by atoms with Crippen LogP contribution < -0.4 is 0 Å². The molecule has 0 spiro atoms. The highest BCUT2D eigenvalue weighted by Gasteiger charge is 2.55. The zero-order chi connectivity index (χ0) is 12.7. The third-order valence-electron chi connectivity index (χ3n) is 4.51. The summed E-state index contributed by atoms with van der Waals surface area (Å²) in [7, 11) is 0. The third-order valence-corrected chi connectivity index (χ3v) is 4.81. The topological polar surface area (TPSA) is 46.6 Å². The fourth-order valence-corrected chi connectivity index (χ4v) is 3.96. The van der Waals surface area contributed by atoms with Crippen LogP contribution in [0.15, 0.2) is 0 Å².